The van der Waals surface area contributed by atoms with E-state index < -0.39 is 0 Å². The van der Waals surface area contributed by atoms with Crippen LogP contribution in [0.15, 0.2) is 35.6 Å². The summed E-state index contributed by atoms with van der Waals surface area (Å²) >= 11 is 6.24. The van der Waals surface area contributed by atoms with Crippen molar-refractivity contribution in [2.45, 2.75) is 19.3 Å². The van der Waals surface area contributed by atoms with E-state index in [4.69, 9.17) is 17.3 Å². The van der Waals surface area contributed by atoms with Crippen molar-refractivity contribution in [3.63, 3.8) is 0 Å². The molecule has 28 heavy (non-hydrogen) atoms. The Morgan fingerprint density at radius 1 is 1.32 bits per heavy atom. The number of fused-ring (bicyclic) bond motifs is 1. The van der Waals surface area contributed by atoms with E-state index in [-0.39, 0.29) is 23.4 Å². The van der Waals surface area contributed by atoms with Gasteiger partial charge in [-0.15, -0.1) is 0 Å². The number of amides is 1. The third-order valence-corrected chi connectivity index (χ3v) is 5.00. The molecule has 0 aliphatic carbocycles. The summed E-state index contributed by atoms with van der Waals surface area (Å²) in [7, 11) is 0. The van der Waals surface area contributed by atoms with Crippen LogP contribution in [0.25, 0.3) is 10.9 Å². The molecule has 0 unspecified atom stereocenters. The molecule has 4 rings (SSSR count). The molecule has 4 N–H and O–H groups in total. The van der Waals surface area contributed by atoms with Gasteiger partial charge in [0.1, 0.15) is 11.0 Å². The van der Waals surface area contributed by atoms with Crippen molar-refractivity contribution in [3.05, 3.63) is 46.7 Å². The minimum absolute atomic E-state index is 0.118. The number of anilines is 2. The van der Waals surface area contributed by atoms with E-state index in [0.717, 1.165) is 42.4 Å². The van der Waals surface area contributed by atoms with Gasteiger partial charge in [-0.25, -0.2) is 10.4 Å². The number of hydrogen-bond acceptors (Lipinski definition) is 6. The molecule has 8 nitrogen and oxygen atoms in total. The van der Waals surface area contributed by atoms with Gasteiger partial charge in [0, 0.05) is 30.2 Å². The van der Waals surface area contributed by atoms with Crippen molar-refractivity contribution in [1.29, 1.82) is 0 Å². The van der Waals surface area contributed by atoms with Crippen molar-refractivity contribution in [2.24, 2.45) is 5.10 Å². The zero-order valence-corrected chi connectivity index (χ0v) is 15.9. The third kappa shape index (κ3) is 3.77. The van der Waals surface area contributed by atoms with Crippen molar-refractivity contribution < 1.29 is 4.79 Å². The number of benzene rings is 1. The van der Waals surface area contributed by atoms with Crippen LogP contribution in [0.5, 0.6) is 0 Å². The van der Waals surface area contributed by atoms with E-state index >= 15 is 0 Å². The maximum atomic E-state index is 12.3. The molecule has 1 amide bonds. The van der Waals surface area contributed by atoms with E-state index in [1.54, 1.807) is 0 Å². The van der Waals surface area contributed by atoms with Crippen molar-refractivity contribution in [3.8, 4) is 0 Å². The summed E-state index contributed by atoms with van der Waals surface area (Å²) in [5.74, 6) is 0.535. The summed E-state index contributed by atoms with van der Waals surface area (Å²) in [5.41, 5.74) is 10.7. The normalized spacial score (nSPS) is 14.2. The second-order valence-corrected chi connectivity index (χ2v) is 6.99. The first-order valence-corrected chi connectivity index (χ1v) is 9.44. The van der Waals surface area contributed by atoms with Crippen molar-refractivity contribution in [2.75, 3.05) is 23.7 Å². The average molecular weight is 398 g/mol. The van der Waals surface area contributed by atoms with Gasteiger partial charge in [0.05, 0.1) is 18.2 Å². The molecule has 0 atom stereocenters. The fraction of sp³-hybridized carbons (Fsp3) is 0.263. The summed E-state index contributed by atoms with van der Waals surface area (Å²) in [6, 6.07) is 7.84. The average Bonchev–Trinajstić information content (AvgIpc) is 3.34. The minimum Gasteiger partial charge on any atom is -0.368 e. The van der Waals surface area contributed by atoms with Gasteiger partial charge in [-0.2, -0.15) is 10.1 Å². The Balaban J connectivity index is 1.48. The molecule has 9 heteroatoms. The quantitative estimate of drug-likeness (QED) is 0.348. The summed E-state index contributed by atoms with van der Waals surface area (Å²) < 4.78 is 0. The number of nitrogens with two attached hydrogens (primary N) is 1. The highest BCUT2D eigenvalue weighted by atomic mass is 35.5. The van der Waals surface area contributed by atoms with E-state index in [2.05, 4.69) is 30.4 Å². The minimum atomic E-state index is -0.226. The molecule has 1 saturated heterocycles. The molecule has 1 aromatic carbocycles. The van der Waals surface area contributed by atoms with Crippen LogP contribution in [0.2, 0.25) is 5.15 Å². The van der Waals surface area contributed by atoms with Crippen molar-refractivity contribution in [1.82, 2.24) is 20.4 Å². The van der Waals surface area contributed by atoms with Crippen molar-refractivity contribution >= 4 is 46.4 Å². The number of nitrogens with zero attached hydrogens (tertiary/aromatic N) is 4. The largest absolute Gasteiger partial charge is 0.368 e. The summed E-state index contributed by atoms with van der Waals surface area (Å²) in [6.07, 6.45) is 5.69. The first-order valence-electron chi connectivity index (χ1n) is 9.06. The molecular formula is C19H20ClN7O. The number of para-hydroxylation sites is 1. The van der Waals surface area contributed by atoms with Gasteiger partial charge < -0.3 is 15.6 Å². The zero-order valence-electron chi connectivity index (χ0n) is 15.2. The molecule has 1 fully saturated rings. The monoisotopic (exact) mass is 397 g/mol. The number of aromatic amines is 1. The standard InChI is InChI=1S/C19H20ClN7O/c20-17-14(18(25-19(21)24-17)27-7-3-4-8-27)11-23-26-16(28)9-12-10-22-15-6-2-1-5-13(12)15/h1-2,5-6,10-11,22H,3-4,7-9H2,(H,26,28)(H2,21,24,25)/b23-11+. The molecule has 0 bridgehead atoms. The van der Waals surface area contributed by atoms with Crippen LogP contribution in [0.3, 0.4) is 0 Å². The highest BCUT2D eigenvalue weighted by Crippen LogP contribution is 2.26. The zero-order chi connectivity index (χ0) is 19.5. The Kier molecular flexibility index (Phi) is 5.12. The Morgan fingerprint density at radius 2 is 2.11 bits per heavy atom. The van der Waals surface area contributed by atoms with E-state index in [9.17, 15) is 4.79 Å². The molecule has 1 aliphatic heterocycles. The second-order valence-electron chi connectivity index (χ2n) is 6.63. The first kappa shape index (κ1) is 18.2. The van der Waals surface area contributed by atoms with E-state index in [0.29, 0.717) is 11.4 Å². The van der Waals surface area contributed by atoms with Crippen LogP contribution >= 0.6 is 11.6 Å². The molecule has 1 aliphatic rings. The van der Waals surface area contributed by atoms with E-state index in [1.807, 2.05) is 30.5 Å². The summed E-state index contributed by atoms with van der Waals surface area (Å²) in [6.45, 7) is 1.75. The highest BCUT2D eigenvalue weighted by molar-refractivity contribution is 6.32. The molecule has 144 valence electrons. The lowest BCUT2D eigenvalue weighted by molar-refractivity contribution is -0.120. The highest BCUT2D eigenvalue weighted by Gasteiger charge is 2.20. The van der Waals surface area contributed by atoms with E-state index in [1.165, 1.54) is 6.21 Å². The molecular weight excluding hydrogens is 378 g/mol. The predicted octanol–water partition coefficient (Wildman–Crippen LogP) is 2.49. The first-order chi connectivity index (χ1) is 13.6. The number of H-pyrrole nitrogens is 1. The lowest BCUT2D eigenvalue weighted by Gasteiger charge is -2.19. The van der Waals surface area contributed by atoms with Gasteiger partial charge in [0.2, 0.25) is 11.9 Å². The Hall–Kier alpha value is -3.13. The van der Waals surface area contributed by atoms with Gasteiger partial charge in [-0.05, 0) is 24.5 Å². The van der Waals surface area contributed by atoms with Crippen LogP contribution < -0.4 is 16.1 Å². The number of aromatic nitrogens is 3. The lowest BCUT2D eigenvalue weighted by Crippen LogP contribution is -2.23. The summed E-state index contributed by atoms with van der Waals surface area (Å²) in [4.78, 5) is 25.8. The van der Waals surface area contributed by atoms with Gasteiger partial charge in [-0.1, -0.05) is 29.8 Å². The molecule has 0 spiro atoms. The molecule has 0 saturated carbocycles. The maximum absolute atomic E-state index is 12.3. The number of rotatable bonds is 5. The Bertz CT molecular complexity index is 1040. The summed E-state index contributed by atoms with van der Waals surface area (Å²) in [5, 5.41) is 5.29. The Morgan fingerprint density at radius 3 is 2.93 bits per heavy atom. The van der Waals surface area contributed by atoms with Gasteiger partial charge >= 0.3 is 0 Å². The van der Waals surface area contributed by atoms with Crippen LogP contribution in [0.4, 0.5) is 11.8 Å². The third-order valence-electron chi connectivity index (χ3n) is 4.71. The molecule has 3 heterocycles. The van der Waals surface area contributed by atoms with Crippen LogP contribution in [-0.2, 0) is 11.2 Å². The smallest absolute Gasteiger partial charge is 0.244 e. The van der Waals surface area contributed by atoms with Gasteiger partial charge in [0.15, 0.2) is 0 Å². The fourth-order valence-corrected chi connectivity index (χ4v) is 3.61. The lowest BCUT2D eigenvalue weighted by atomic mass is 10.1. The van der Waals surface area contributed by atoms with Crippen LogP contribution in [0.1, 0.15) is 24.0 Å². The SMILES string of the molecule is Nc1nc(Cl)c(/C=N/NC(=O)Cc2c[nH]c3ccccc23)c(N2CCCC2)n1. The number of nitrogen functional groups attached to an aromatic ring is 1. The topological polar surface area (TPSA) is 112 Å². The number of carbonyl (C=O) groups excluding carboxylic acids is 1. The van der Waals surface area contributed by atoms with Crippen LogP contribution in [-0.4, -0.2) is 40.2 Å². The maximum Gasteiger partial charge on any atom is 0.244 e. The molecule has 2 aromatic heterocycles. The number of carbonyl (C=O) groups is 1. The van der Waals surface area contributed by atoms with Gasteiger partial charge in [0.25, 0.3) is 0 Å². The second kappa shape index (κ2) is 7.85. The van der Waals surface area contributed by atoms with Gasteiger partial charge in [-0.3, -0.25) is 4.79 Å². The number of hydrazone groups is 1. The molecule has 0 radical (unpaired) electrons. The number of nitrogens with one attached hydrogen (secondary N) is 2. The van der Waals surface area contributed by atoms with Crippen LogP contribution in [0, 0.1) is 0 Å². The molecule has 3 aromatic rings. The number of hydrogen-bond donors (Lipinski definition) is 3. The number of halogens is 1. The Labute approximate surface area is 166 Å². The predicted molar refractivity (Wildman–Crippen MR) is 111 cm³/mol. The fourth-order valence-electron chi connectivity index (χ4n) is 3.39.